The van der Waals surface area contributed by atoms with E-state index in [1.54, 1.807) is 29.7 Å². The second-order valence-corrected chi connectivity index (χ2v) is 8.67. The van der Waals surface area contributed by atoms with Crippen molar-refractivity contribution in [1.82, 2.24) is 9.97 Å². The Hall–Kier alpha value is -3.48. The number of aryl methyl sites for hydroxylation is 1. The number of fused-ring (bicyclic) bond motifs is 1. The third-order valence-electron chi connectivity index (χ3n) is 4.97. The van der Waals surface area contributed by atoms with Crippen LogP contribution in [-0.2, 0) is 11.2 Å². The number of amides is 1. The molecule has 7 heteroatoms. The average molecular weight is 460 g/mol. The van der Waals surface area contributed by atoms with Gasteiger partial charge < -0.3 is 9.73 Å². The molecular weight excluding hydrogens is 442 g/mol. The van der Waals surface area contributed by atoms with Crippen molar-refractivity contribution in [2.45, 2.75) is 12.8 Å². The van der Waals surface area contributed by atoms with Crippen LogP contribution in [0.3, 0.4) is 0 Å². The lowest BCUT2D eigenvalue weighted by atomic mass is 10.1. The predicted molar refractivity (Wildman–Crippen MR) is 129 cm³/mol. The van der Waals surface area contributed by atoms with E-state index < -0.39 is 0 Å². The van der Waals surface area contributed by atoms with E-state index in [1.807, 2.05) is 60.7 Å². The maximum absolute atomic E-state index is 12.6. The minimum atomic E-state index is -0.107. The van der Waals surface area contributed by atoms with Gasteiger partial charge in [0.1, 0.15) is 5.01 Å². The summed E-state index contributed by atoms with van der Waals surface area (Å²) in [6, 6.07) is 23.1. The third kappa shape index (κ3) is 4.42. The number of carbonyl (C=O) groups is 1. The molecule has 5 rings (SSSR count). The summed E-state index contributed by atoms with van der Waals surface area (Å²) in [5.74, 6) is 1.06. The number of thiazole rings is 1. The first-order valence-electron chi connectivity index (χ1n) is 10.1. The smallest absolute Gasteiger partial charge is 0.224 e. The molecule has 1 N–H and O–H groups in total. The summed E-state index contributed by atoms with van der Waals surface area (Å²) in [5.41, 5.74) is 3.49. The third-order valence-corrected chi connectivity index (χ3v) is 6.30. The van der Waals surface area contributed by atoms with E-state index in [1.165, 1.54) is 0 Å². The van der Waals surface area contributed by atoms with E-state index in [9.17, 15) is 4.79 Å². The van der Waals surface area contributed by atoms with E-state index in [4.69, 9.17) is 21.0 Å². The molecule has 32 heavy (non-hydrogen) atoms. The van der Waals surface area contributed by atoms with Crippen molar-refractivity contribution >= 4 is 44.7 Å². The number of hydrogen-bond donors (Lipinski definition) is 1. The summed E-state index contributed by atoms with van der Waals surface area (Å²) < 4.78 is 6.91. The van der Waals surface area contributed by atoms with E-state index >= 15 is 0 Å². The summed E-state index contributed by atoms with van der Waals surface area (Å²) in [7, 11) is 0. The highest BCUT2D eigenvalue weighted by atomic mass is 35.5. The van der Waals surface area contributed by atoms with Crippen LogP contribution in [0.15, 0.2) is 83.4 Å². The summed E-state index contributed by atoms with van der Waals surface area (Å²) in [5, 5.41) is 4.55. The Balaban J connectivity index is 1.27. The number of halogens is 1. The van der Waals surface area contributed by atoms with E-state index in [0.717, 1.165) is 32.0 Å². The molecule has 158 valence electrons. The van der Waals surface area contributed by atoms with Crippen LogP contribution < -0.4 is 5.32 Å². The molecule has 5 nitrogen and oxygen atoms in total. The fourth-order valence-corrected chi connectivity index (χ4v) is 4.50. The molecule has 2 aromatic heterocycles. The van der Waals surface area contributed by atoms with Crippen molar-refractivity contribution in [1.29, 1.82) is 0 Å². The minimum absolute atomic E-state index is 0.107. The molecule has 0 fully saturated rings. The molecule has 0 aliphatic rings. The van der Waals surface area contributed by atoms with Crippen LogP contribution in [0.2, 0.25) is 5.02 Å². The maximum atomic E-state index is 12.6. The second kappa shape index (κ2) is 8.94. The molecule has 3 aromatic carbocycles. The Morgan fingerprint density at radius 3 is 2.62 bits per heavy atom. The molecular formula is C25H18ClN3O2S. The molecule has 5 aromatic rings. The van der Waals surface area contributed by atoms with Gasteiger partial charge in [-0.25, -0.2) is 9.97 Å². The lowest BCUT2D eigenvalue weighted by Gasteiger charge is -2.08. The molecule has 0 saturated heterocycles. The predicted octanol–water partition coefficient (Wildman–Crippen LogP) is 6.84. The molecule has 1 amide bonds. The summed E-state index contributed by atoms with van der Waals surface area (Å²) in [4.78, 5) is 21.7. The fraction of sp³-hybridized carbons (Fsp3) is 0.0800. The number of oxazole rings is 1. The molecule has 2 heterocycles. The monoisotopic (exact) mass is 459 g/mol. The lowest BCUT2D eigenvalue weighted by molar-refractivity contribution is -0.116. The zero-order valence-electron chi connectivity index (χ0n) is 16.9. The van der Waals surface area contributed by atoms with E-state index in [0.29, 0.717) is 23.1 Å². The quantitative estimate of drug-likeness (QED) is 0.301. The molecule has 0 radical (unpaired) electrons. The topological polar surface area (TPSA) is 68.0 Å². The number of anilines is 1. The van der Waals surface area contributed by atoms with Crippen molar-refractivity contribution in [3.05, 3.63) is 89.9 Å². The number of para-hydroxylation sites is 2. The van der Waals surface area contributed by atoms with Gasteiger partial charge in [0.05, 0.1) is 22.1 Å². The van der Waals surface area contributed by atoms with E-state index in [-0.39, 0.29) is 12.3 Å². The molecule has 0 saturated carbocycles. The number of nitrogens with zero attached hydrogens (tertiary/aromatic N) is 2. The Labute approximate surface area is 193 Å². The van der Waals surface area contributed by atoms with Crippen LogP contribution in [0, 0.1) is 0 Å². The van der Waals surface area contributed by atoms with Crippen molar-refractivity contribution in [3.8, 4) is 21.9 Å². The zero-order chi connectivity index (χ0) is 21.9. The van der Waals surface area contributed by atoms with Gasteiger partial charge in [0.2, 0.25) is 5.91 Å². The minimum Gasteiger partial charge on any atom is -0.441 e. The number of benzene rings is 3. The van der Waals surface area contributed by atoms with Gasteiger partial charge in [-0.15, -0.1) is 11.3 Å². The number of nitrogens with one attached hydrogen (secondary N) is 1. The van der Waals surface area contributed by atoms with Gasteiger partial charge in [-0.2, -0.15) is 0 Å². The molecule has 0 aliphatic heterocycles. The molecule has 0 unspecified atom stereocenters. The molecule has 0 aliphatic carbocycles. The average Bonchev–Trinajstić information content (AvgIpc) is 3.46. The van der Waals surface area contributed by atoms with Gasteiger partial charge >= 0.3 is 0 Å². The summed E-state index contributed by atoms with van der Waals surface area (Å²) in [6.45, 7) is 0. The highest BCUT2D eigenvalue weighted by Gasteiger charge is 2.14. The Bertz CT molecular complexity index is 1360. The van der Waals surface area contributed by atoms with Crippen molar-refractivity contribution in [2.75, 3.05) is 5.32 Å². The lowest BCUT2D eigenvalue weighted by Crippen LogP contribution is -2.13. The number of hydrogen-bond acceptors (Lipinski definition) is 5. The van der Waals surface area contributed by atoms with Crippen molar-refractivity contribution in [2.24, 2.45) is 0 Å². The second-order valence-electron chi connectivity index (χ2n) is 7.21. The van der Waals surface area contributed by atoms with Gasteiger partial charge in [0, 0.05) is 29.0 Å². The van der Waals surface area contributed by atoms with Crippen LogP contribution >= 0.6 is 22.9 Å². The Morgan fingerprint density at radius 1 is 1.00 bits per heavy atom. The normalized spacial score (nSPS) is 11.0. The highest BCUT2D eigenvalue weighted by Crippen LogP contribution is 2.34. The molecule has 0 atom stereocenters. The van der Waals surface area contributed by atoms with Gasteiger partial charge in [0.25, 0.3) is 0 Å². The summed E-state index contributed by atoms with van der Waals surface area (Å²) in [6.07, 6.45) is 2.33. The van der Waals surface area contributed by atoms with Crippen LogP contribution in [-0.4, -0.2) is 15.9 Å². The highest BCUT2D eigenvalue weighted by molar-refractivity contribution is 7.21. The van der Waals surface area contributed by atoms with Gasteiger partial charge in [-0.1, -0.05) is 35.9 Å². The number of aromatic nitrogens is 2. The van der Waals surface area contributed by atoms with Gasteiger partial charge in [0.15, 0.2) is 11.7 Å². The number of carbonyl (C=O) groups excluding carboxylic acids is 1. The van der Waals surface area contributed by atoms with Crippen LogP contribution in [0.5, 0.6) is 0 Å². The molecule has 0 spiro atoms. The number of rotatable bonds is 6. The zero-order valence-corrected chi connectivity index (χ0v) is 18.5. The maximum Gasteiger partial charge on any atom is 0.224 e. The Kier molecular flexibility index (Phi) is 5.71. The van der Waals surface area contributed by atoms with Crippen LogP contribution in [0.1, 0.15) is 12.3 Å². The first-order chi connectivity index (χ1) is 15.7. The SMILES string of the molecule is O=C(CCc1ncc(-c2ccc(Cl)cc2)o1)Nc1ccccc1-c1nc2ccccc2s1. The van der Waals surface area contributed by atoms with Crippen LogP contribution in [0.4, 0.5) is 5.69 Å². The summed E-state index contributed by atoms with van der Waals surface area (Å²) >= 11 is 7.54. The first kappa shape index (κ1) is 20.4. The molecule has 0 bridgehead atoms. The fourth-order valence-electron chi connectivity index (χ4n) is 3.37. The Morgan fingerprint density at radius 2 is 1.78 bits per heavy atom. The van der Waals surface area contributed by atoms with Gasteiger partial charge in [-0.05, 0) is 48.5 Å². The first-order valence-corrected chi connectivity index (χ1v) is 11.3. The van der Waals surface area contributed by atoms with Crippen molar-refractivity contribution < 1.29 is 9.21 Å². The van der Waals surface area contributed by atoms with Crippen molar-refractivity contribution in [3.63, 3.8) is 0 Å². The standard InChI is InChI=1S/C25H18ClN3O2S/c26-17-11-9-16(10-12-17)21-15-27-24(31-21)14-13-23(30)28-19-6-2-1-5-18(19)25-29-20-7-3-4-8-22(20)32-25/h1-12,15H,13-14H2,(H,28,30). The van der Waals surface area contributed by atoms with Gasteiger partial charge in [-0.3, -0.25) is 4.79 Å². The largest absolute Gasteiger partial charge is 0.441 e. The van der Waals surface area contributed by atoms with E-state index in [2.05, 4.69) is 10.3 Å². The van der Waals surface area contributed by atoms with Crippen LogP contribution in [0.25, 0.3) is 32.1 Å².